The van der Waals surface area contributed by atoms with E-state index >= 15 is 0 Å². The molecule has 17 rings (SSSR count). The Bertz CT molecular complexity index is 5860. The van der Waals surface area contributed by atoms with Crippen molar-refractivity contribution in [3.8, 4) is 52.7 Å². The molecule has 3 saturated heterocycles. The number of carbonyl (C=O) groups excluding carboxylic acids is 9. The molecule has 3 fully saturated rings. The number of methoxy groups -OCH3 is 3. The SMILES string of the molecule is Brc1cccnc1Br.Brc1cccnc1OCc1ccccc1.COc1ccc2c(c1)C(=O)N(C[C@@]1(C#Cc3ccc[nH]c3=O)NC(=O)NC1=O)C2.COc1ccc2c(c1)C(=O)N(C[C@@]1(C#Cc3cccnc3OCc3ccccc3)NC(=O)NC1=O)C2.COc1ccc2c(c1)C(=O)N(C[C@@]1(c3cc4cccnc4o3)NC(=O)NC1=O)C2. The zero-order valence-electron chi connectivity index (χ0n) is 62.2. The average molecular weight is 1770 g/mol. The topological polar surface area (TPSA) is 379 Å². The van der Waals surface area contributed by atoms with E-state index in [1.165, 1.54) is 48.3 Å². The van der Waals surface area contributed by atoms with E-state index in [1.807, 2.05) is 97.1 Å². The molecule has 0 saturated carbocycles. The molecular formula is C84H67Br3N14O16. The molecule has 11 aromatic rings. The van der Waals surface area contributed by atoms with Gasteiger partial charge in [0.1, 0.15) is 40.8 Å². The molecule has 5 aromatic carbocycles. The van der Waals surface area contributed by atoms with Crippen LogP contribution in [-0.4, -0.2) is 145 Å². The summed E-state index contributed by atoms with van der Waals surface area (Å²) in [6.07, 6.45) is 8.06. The predicted octanol–water partition coefficient (Wildman–Crippen LogP) is 9.78. The molecular weight excluding hydrogens is 1700 g/mol. The third-order valence-electron chi connectivity index (χ3n) is 18.7. The number of pyridine rings is 5. The molecule has 12 amide bonds. The molecule has 3 atom stereocenters. The van der Waals surface area contributed by atoms with Gasteiger partial charge in [0.25, 0.3) is 41.0 Å². The summed E-state index contributed by atoms with van der Waals surface area (Å²) >= 11 is 9.91. The van der Waals surface area contributed by atoms with Gasteiger partial charge in [-0.25, -0.2) is 34.3 Å². The van der Waals surface area contributed by atoms with Crippen LogP contribution < -0.4 is 61.1 Å². The maximum atomic E-state index is 13.1. The van der Waals surface area contributed by atoms with Crippen molar-refractivity contribution in [1.29, 1.82) is 0 Å². The highest BCUT2D eigenvalue weighted by atomic mass is 79.9. The standard InChI is InChI=1S/C27H22N4O5.2C20H16N4O5.C12H10BrNO.C5H3Br2N/c1-35-21-10-9-20-15-31(24(32)22(20)14-21)17-27(25(33)29-26(34)30-27)12-11-19-8-5-13-28-23(19)36-16-18-6-3-2-4-7-18;1-28-13-5-4-12-9-24(17(25)14(12)8-13)10-20(18(26)22-19(27)23-20)15-7-11-3-2-6-21-16(11)29-15;1-29-14-5-4-13-10-24(17(26)15(13)9-14)11-20(18(27)22-19(28)23-20)7-6-12-3-2-8-21-16(12)25;13-11-7-4-8-14-12(11)15-9-10-5-2-1-3-6-10;6-4-2-1-3-8-5(4)7/h2-10,13-14H,15-17H2,1H3,(H2,29,30,33,34);2-8H,9-10H2,1H3,(H2,22,23,26,27);2-5,8-9H,10-11H2,1H3,(H,21,25)(H2,22,23,27,28);1-8H,9H2;1-3H/t27-;2*20-;;/m101../s1. The molecule has 0 unspecified atom stereocenters. The number of nitrogens with one attached hydrogen (secondary N) is 7. The fourth-order valence-electron chi connectivity index (χ4n) is 12.8. The maximum absolute atomic E-state index is 13.1. The zero-order chi connectivity index (χ0) is 82.4. The monoisotopic (exact) mass is 1760 g/mol. The molecule has 6 aliphatic rings. The van der Waals surface area contributed by atoms with E-state index in [0.29, 0.717) is 82.1 Å². The van der Waals surface area contributed by atoms with Gasteiger partial charge in [0.2, 0.25) is 28.6 Å². The smallest absolute Gasteiger partial charge is 0.323 e. The molecule has 0 spiro atoms. The number of ether oxygens (including phenoxy) is 5. The fourth-order valence-corrected chi connectivity index (χ4v) is 13.7. The van der Waals surface area contributed by atoms with Crippen LogP contribution >= 0.6 is 47.8 Å². The summed E-state index contributed by atoms with van der Waals surface area (Å²) < 4.78 is 35.5. The van der Waals surface area contributed by atoms with Crippen LogP contribution in [0.1, 0.15) is 75.8 Å². The minimum absolute atomic E-state index is 0.0831. The van der Waals surface area contributed by atoms with Gasteiger partial charge in [-0.2, -0.15) is 0 Å². The van der Waals surface area contributed by atoms with E-state index in [0.717, 1.165) is 41.4 Å². The maximum Gasteiger partial charge on any atom is 0.323 e. The lowest BCUT2D eigenvalue weighted by Gasteiger charge is -2.28. The van der Waals surface area contributed by atoms with Gasteiger partial charge in [0, 0.05) is 72.7 Å². The summed E-state index contributed by atoms with van der Waals surface area (Å²) in [5.41, 5.74) is 1.64. The summed E-state index contributed by atoms with van der Waals surface area (Å²) in [5.74, 6) is 11.3. The van der Waals surface area contributed by atoms with Gasteiger partial charge in [0.15, 0.2) is 5.54 Å². The lowest BCUT2D eigenvalue weighted by atomic mass is 9.95. The van der Waals surface area contributed by atoms with Crippen LogP contribution in [0.2, 0.25) is 0 Å². The normalized spacial score (nSPS) is 17.6. The number of imide groups is 3. The molecule has 117 heavy (non-hydrogen) atoms. The van der Waals surface area contributed by atoms with Crippen molar-refractivity contribution in [3.05, 3.63) is 298 Å². The van der Waals surface area contributed by atoms with Gasteiger partial charge in [-0.3, -0.25) is 49.5 Å². The molecule has 6 aromatic heterocycles. The lowest BCUT2D eigenvalue weighted by molar-refractivity contribution is -0.125. The number of urea groups is 3. The fraction of sp³-hybridized carbons (Fsp3) is 0.167. The van der Waals surface area contributed by atoms with E-state index in [2.05, 4.69) is 128 Å². The summed E-state index contributed by atoms with van der Waals surface area (Å²) in [6.45, 7) is 1.29. The third kappa shape index (κ3) is 18.6. The highest BCUT2D eigenvalue weighted by Gasteiger charge is 2.54. The van der Waals surface area contributed by atoms with Crippen molar-refractivity contribution in [2.24, 2.45) is 0 Å². The summed E-state index contributed by atoms with van der Waals surface area (Å²) in [5, 5.41) is 15.1. The number of H-pyrrole nitrogens is 1. The van der Waals surface area contributed by atoms with Crippen LogP contribution in [0.3, 0.4) is 0 Å². The highest BCUT2D eigenvalue weighted by molar-refractivity contribution is 9.13. The summed E-state index contributed by atoms with van der Waals surface area (Å²) in [7, 11) is 4.56. The Kier molecular flexibility index (Phi) is 24.9. The summed E-state index contributed by atoms with van der Waals surface area (Å²) in [4.78, 5) is 148. The van der Waals surface area contributed by atoms with Gasteiger partial charge < -0.3 is 63.7 Å². The van der Waals surface area contributed by atoms with Crippen LogP contribution in [0.4, 0.5) is 14.4 Å². The van der Waals surface area contributed by atoms with E-state index < -0.39 is 58.0 Å². The largest absolute Gasteiger partial charge is 0.497 e. The molecule has 0 bridgehead atoms. The molecule has 30 nitrogen and oxygen atoms in total. The minimum Gasteiger partial charge on any atom is -0.497 e. The number of furan rings is 1. The van der Waals surface area contributed by atoms with Crippen LogP contribution in [0.15, 0.2) is 236 Å². The van der Waals surface area contributed by atoms with Crippen molar-refractivity contribution >= 4 is 112 Å². The number of carbonyl (C=O) groups is 9. The number of nitrogens with zero attached hydrogens (tertiary/aromatic N) is 7. The molecule has 6 aliphatic heterocycles. The minimum atomic E-state index is -1.67. The Morgan fingerprint density at radius 2 is 0.889 bits per heavy atom. The molecule has 590 valence electrons. The molecule has 0 radical (unpaired) electrons. The van der Waals surface area contributed by atoms with Gasteiger partial charge in [-0.1, -0.05) is 103 Å². The second kappa shape index (κ2) is 36.0. The lowest BCUT2D eigenvalue weighted by Crippen LogP contribution is -2.54. The van der Waals surface area contributed by atoms with E-state index in [1.54, 1.807) is 104 Å². The van der Waals surface area contributed by atoms with Crippen molar-refractivity contribution in [1.82, 2.24) is 71.5 Å². The van der Waals surface area contributed by atoms with Crippen molar-refractivity contribution in [2.45, 2.75) is 49.5 Å². The molecule has 33 heteroatoms. The Morgan fingerprint density at radius 1 is 0.444 bits per heavy atom. The van der Waals surface area contributed by atoms with Crippen LogP contribution in [-0.2, 0) is 52.8 Å². The van der Waals surface area contributed by atoms with Crippen LogP contribution in [0.5, 0.6) is 29.0 Å². The van der Waals surface area contributed by atoms with Crippen molar-refractivity contribution in [3.63, 3.8) is 0 Å². The van der Waals surface area contributed by atoms with E-state index in [9.17, 15) is 47.9 Å². The first-order valence-corrected chi connectivity index (χ1v) is 38.0. The first-order chi connectivity index (χ1) is 56.5. The number of aromatic amines is 1. The number of halogens is 3. The predicted molar refractivity (Wildman–Crippen MR) is 433 cm³/mol. The second-order valence-corrected chi connectivity index (χ2v) is 28.8. The van der Waals surface area contributed by atoms with Gasteiger partial charge >= 0.3 is 18.1 Å². The molecule has 0 aliphatic carbocycles. The number of benzene rings is 5. The summed E-state index contributed by atoms with van der Waals surface area (Å²) in [6, 6.07) is 52.5. The Labute approximate surface area is 692 Å². The van der Waals surface area contributed by atoms with Crippen LogP contribution in [0, 0.1) is 23.7 Å². The quantitative estimate of drug-likeness (QED) is 0.0269. The average Bonchev–Trinajstić information content (AvgIpc) is 1.60. The number of hydrogen-bond acceptors (Lipinski definition) is 20. The van der Waals surface area contributed by atoms with Crippen LogP contribution in [0.25, 0.3) is 11.1 Å². The van der Waals surface area contributed by atoms with E-state index in [-0.39, 0.29) is 61.8 Å². The zero-order valence-corrected chi connectivity index (χ0v) is 66.9. The number of aromatic nitrogens is 5. The van der Waals surface area contributed by atoms with Crippen molar-refractivity contribution in [2.75, 3.05) is 41.0 Å². The van der Waals surface area contributed by atoms with Gasteiger partial charge in [-0.05, 0) is 179 Å². The Hall–Kier alpha value is -14.0. The third-order valence-corrected chi connectivity index (χ3v) is 21.1. The second-order valence-electron chi connectivity index (χ2n) is 26.4. The first-order valence-electron chi connectivity index (χ1n) is 35.6. The highest BCUT2D eigenvalue weighted by Crippen LogP contribution is 2.36. The number of hydrogen-bond donors (Lipinski definition) is 7. The van der Waals surface area contributed by atoms with Gasteiger partial charge in [0.05, 0.1) is 61.0 Å². The molecule has 12 heterocycles. The van der Waals surface area contributed by atoms with Gasteiger partial charge in [-0.15, -0.1) is 0 Å². The Morgan fingerprint density at radius 3 is 1.34 bits per heavy atom. The first kappa shape index (κ1) is 81.0. The van der Waals surface area contributed by atoms with E-state index in [4.69, 9.17) is 28.1 Å². The molecule has 7 N–H and O–H groups in total. The number of rotatable bonds is 16. The Balaban J connectivity index is 0.000000135. The number of amides is 12. The number of fused-ring (bicyclic) bond motifs is 4. The van der Waals surface area contributed by atoms with Crippen molar-refractivity contribution < 1.29 is 71.3 Å².